The number of morpholine rings is 1. The van der Waals surface area contributed by atoms with Gasteiger partial charge in [-0.2, -0.15) is 0 Å². The summed E-state index contributed by atoms with van der Waals surface area (Å²) >= 11 is 0. The lowest BCUT2D eigenvalue weighted by molar-refractivity contribution is -0.0104. The van der Waals surface area contributed by atoms with Crippen LogP contribution < -0.4 is 10.6 Å². The number of nitrogens with zero attached hydrogens (tertiary/aromatic N) is 1. The zero-order valence-electron chi connectivity index (χ0n) is 10.2. The Morgan fingerprint density at radius 1 is 1.22 bits per heavy atom. The molecule has 1 aromatic rings. The Morgan fingerprint density at radius 2 is 1.89 bits per heavy atom. The Labute approximate surface area is 106 Å². The fraction of sp³-hybridized carbons (Fsp3) is 0.538. The highest BCUT2D eigenvalue weighted by molar-refractivity contribution is 5.55. The summed E-state index contributed by atoms with van der Waals surface area (Å²) < 4.78 is 33.3. The molecule has 1 heterocycles. The summed E-state index contributed by atoms with van der Waals surface area (Å²) in [5, 5.41) is 0. The van der Waals surface area contributed by atoms with E-state index >= 15 is 0 Å². The van der Waals surface area contributed by atoms with E-state index in [1.54, 1.807) is 18.2 Å². The molecule has 1 fully saturated rings. The van der Waals surface area contributed by atoms with Crippen LogP contribution in [0.4, 0.5) is 14.5 Å². The van der Waals surface area contributed by atoms with Crippen LogP contribution in [0.25, 0.3) is 0 Å². The topological polar surface area (TPSA) is 38.5 Å². The van der Waals surface area contributed by atoms with Gasteiger partial charge in [0.1, 0.15) is 0 Å². The van der Waals surface area contributed by atoms with Crippen molar-refractivity contribution in [3.8, 4) is 0 Å². The summed E-state index contributed by atoms with van der Waals surface area (Å²) in [6, 6.07) is 6.65. The lowest BCUT2D eigenvalue weighted by Gasteiger charge is -2.32. The second-order valence-corrected chi connectivity index (χ2v) is 4.36. The molecule has 1 aliphatic rings. The largest absolute Gasteiger partial charge is 0.378 e. The van der Waals surface area contributed by atoms with Gasteiger partial charge < -0.3 is 15.4 Å². The van der Waals surface area contributed by atoms with Crippen LogP contribution in [-0.2, 0) is 10.7 Å². The minimum Gasteiger partial charge on any atom is -0.378 e. The number of hydrogen-bond acceptors (Lipinski definition) is 3. The molecule has 1 aromatic carbocycles. The number of halogens is 2. The number of para-hydroxylation sites is 1. The van der Waals surface area contributed by atoms with Gasteiger partial charge in [-0.25, -0.2) is 8.78 Å². The number of benzene rings is 1. The van der Waals surface area contributed by atoms with Gasteiger partial charge in [0.2, 0.25) is 0 Å². The van der Waals surface area contributed by atoms with E-state index in [1.165, 1.54) is 6.07 Å². The van der Waals surface area contributed by atoms with E-state index in [9.17, 15) is 8.78 Å². The molecule has 0 amide bonds. The highest BCUT2D eigenvalue weighted by atomic mass is 19.3. The first-order valence-electron chi connectivity index (χ1n) is 6.15. The van der Waals surface area contributed by atoms with E-state index in [4.69, 9.17) is 10.5 Å². The van der Waals surface area contributed by atoms with Crippen LogP contribution in [-0.4, -0.2) is 32.8 Å². The molecule has 100 valence electrons. The Bertz CT molecular complexity index is 392. The first-order chi connectivity index (χ1) is 8.65. The van der Waals surface area contributed by atoms with Gasteiger partial charge in [-0.15, -0.1) is 0 Å². The van der Waals surface area contributed by atoms with Crippen molar-refractivity contribution in [3.63, 3.8) is 0 Å². The second kappa shape index (κ2) is 5.63. The molecule has 5 heteroatoms. The molecule has 0 atom stereocenters. The standard InChI is InChI=1S/C13H18F2N2O/c14-13(15,5-6-16)11-3-1-2-4-12(11)17-7-9-18-10-8-17/h1-4H,5-10,16H2. The highest BCUT2D eigenvalue weighted by Gasteiger charge is 2.34. The van der Waals surface area contributed by atoms with E-state index in [0.717, 1.165) is 0 Å². The van der Waals surface area contributed by atoms with Crippen LogP contribution >= 0.6 is 0 Å². The van der Waals surface area contributed by atoms with Crippen LogP contribution in [0.15, 0.2) is 24.3 Å². The Kier molecular flexibility index (Phi) is 4.14. The summed E-state index contributed by atoms with van der Waals surface area (Å²) in [6.07, 6.45) is -0.325. The van der Waals surface area contributed by atoms with Crippen molar-refractivity contribution in [2.45, 2.75) is 12.3 Å². The molecular weight excluding hydrogens is 238 g/mol. The predicted octanol–water partition coefficient (Wildman–Crippen LogP) is 1.96. The Hall–Kier alpha value is -1.20. The molecule has 0 bridgehead atoms. The van der Waals surface area contributed by atoms with Gasteiger partial charge in [-0.1, -0.05) is 18.2 Å². The van der Waals surface area contributed by atoms with Crippen molar-refractivity contribution in [2.75, 3.05) is 37.7 Å². The van der Waals surface area contributed by atoms with Crippen LogP contribution in [0.3, 0.4) is 0 Å². The Balaban J connectivity index is 2.29. The average Bonchev–Trinajstić information content (AvgIpc) is 2.40. The highest BCUT2D eigenvalue weighted by Crippen LogP contribution is 2.37. The van der Waals surface area contributed by atoms with Gasteiger partial charge in [0.15, 0.2) is 0 Å². The molecule has 0 saturated carbocycles. The van der Waals surface area contributed by atoms with E-state index < -0.39 is 5.92 Å². The van der Waals surface area contributed by atoms with Gasteiger partial charge in [0.25, 0.3) is 5.92 Å². The normalized spacial score (nSPS) is 16.9. The van der Waals surface area contributed by atoms with Crippen molar-refractivity contribution in [1.29, 1.82) is 0 Å². The third kappa shape index (κ3) is 2.79. The zero-order chi connectivity index (χ0) is 13.0. The average molecular weight is 256 g/mol. The van der Waals surface area contributed by atoms with Gasteiger partial charge in [0.05, 0.1) is 13.2 Å². The predicted molar refractivity (Wildman–Crippen MR) is 67.0 cm³/mol. The van der Waals surface area contributed by atoms with Gasteiger partial charge in [-0.3, -0.25) is 0 Å². The van der Waals surface area contributed by atoms with E-state index in [1.807, 2.05) is 4.90 Å². The summed E-state index contributed by atoms with van der Waals surface area (Å²) in [7, 11) is 0. The second-order valence-electron chi connectivity index (χ2n) is 4.36. The van der Waals surface area contributed by atoms with Gasteiger partial charge in [-0.05, 0) is 12.6 Å². The van der Waals surface area contributed by atoms with Gasteiger partial charge in [0, 0.05) is 30.8 Å². The number of hydrogen-bond donors (Lipinski definition) is 1. The maximum Gasteiger partial charge on any atom is 0.276 e. The third-order valence-electron chi connectivity index (χ3n) is 3.11. The number of nitrogens with two attached hydrogens (primary N) is 1. The third-order valence-corrected chi connectivity index (χ3v) is 3.11. The number of ether oxygens (including phenoxy) is 1. The Morgan fingerprint density at radius 3 is 2.56 bits per heavy atom. The molecular formula is C13H18F2N2O. The molecule has 1 saturated heterocycles. The van der Waals surface area contributed by atoms with Crippen LogP contribution in [0.2, 0.25) is 0 Å². The molecule has 0 radical (unpaired) electrons. The van der Waals surface area contributed by atoms with E-state index in [-0.39, 0.29) is 18.5 Å². The zero-order valence-corrected chi connectivity index (χ0v) is 10.2. The molecule has 3 nitrogen and oxygen atoms in total. The van der Waals surface area contributed by atoms with Crippen molar-refractivity contribution < 1.29 is 13.5 Å². The molecule has 2 rings (SSSR count). The van der Waals surface area contributed by atoms with Gasteiger partial charge >= 0.3 is 0 Å². The summed E-state index contributed by atoms with van der Waals surface area (Å²) in [5.74, 6) is -2.87. The summed E-state index contributed by atoms with van der Waals surface area (Å²) in [4.78, 5) is 1.95. The van der Waals surface area contributed by atoms with Crippen molar-refractivity contribution in [1.82, 2.24) is 0 Å². The van der Waals surface area contributed by atoms with Crippen molar-refractivity contribution in [2.24, 2.45) is 5.73 Å². The number of anilines is 1. The molecule has 0 unspecified atom stereocenters. The SMILES string of the molecule is NCCC(F)(F)c1ccccc1N1CCOCC1. The molecule has 0 aliphatic carbocycles. The summed E-state index contributed by atoms with van der Waals surface area (Å²) in [5.41, 5.74) is 5.93. The molecule has 0 aromatic heterocycles. The minimum absolute atomic E-state index is 0.0234. The van der Waals surface area contributed by atoms with Crippen LogP contribution in [0, 0.1) is 0 Å². The lowest BCUT2D eigenvalue weighted by atomic mass is 10.0. The molecule has 1 aliphatic heterocycles. The van der Waals surface area contributed by atoms with Crippen LogP contribution in [0.5, 0.6) is 0 Å². The molecule has 0 spiro atoms. The maximum atomic E-state index is 14.0. The van der Waals surface area contributed by atoms with E-state index in [0.29, 0.717) is 32.0 Å². The lowest BCUT2D eigenvalue weighted by Crippen LogP contribution is -2.37. The van der Waals surface area contributed by atoms with Crippen molar-refractivity contribution in [3.05, 3.63) is 29.8 Å². The van der Waals surface area contributed by atoms with E-state index in [2.05, 4.69) is 0 Å². The maximum absolute atomic E-state index is 14.0. The summed E-state index contributed by atoms with van der Waals surface area (Å²) in [6.45, 7) is 2.43. The fourth-order valence-electron chi connectivity index (χ4n) is 2.18. The smallest absolute Gasteiger partial charge is 0.276 e. The minimum atomic E-state index is -2.87. The number of alkyl halides is 2. The first-order valence-corrected chi connectivity index (χ1v) is 6.15. The fourth-order valence-corrected chi connectivity index (χ4v) is 2.18. The number of rotatable bonds is 4. The quantitative estimate of drug-likeness (QED) is 0.895. The first kappa shape index (κ1) is 13.2. The molecule has 2 N–H and O–H groups in total. The monoisotopic (exact) mass is 256 g/mol. The van der Waals surface area contributed by atoms with Crippen LogP contribution in [0.1, 0.15) is 12.0 Å². The molecule has 18 heavy (non-hydrogen) atoms. The van der Waals surface area contributed by atoms with Crippen molar-refractivity contribution >= 4 is 5.69 Å².